The molecule has 5 rings (SSSR count). The van der Waals surface area contributed by atoms with Crippen LogP contribution < -0.4 is 0 Å². The van der Waals surface area contributed by atoms with Crippen molar-refractivity contribution in [1.82, 2.24) is 0 Å². The monoisotopic (exact) mass is 444 g/mol. The summed E-state index contributed by atoms with van der Waals surface area (Å²) >= 11 is 0. The van der Waals surface area contributed by atoms with E-state index in [2.05, 4.69) is 13.8 Å². The molecule has 0 aromatic heterocycles. The summed E-state index contributed by atoms with van der Waals surface area (Å²) in [5.41, 5.74) is 1.20. The first-order valence-electron chi connectivity index (χ1n) is 12.1. The first-order valence-corrected chi connectivity index (χ1v) is 13.5. The van der Waals surface area contributed by atoms with E-state index in [4.69, 9.17) is 4.18 Å². The van der Waals surface area contributed by atoms with Crippen LogP contribution in [0.1, 0.15) is 77.2 Å². The van der Waals surface area contributed by atoms with Crippen LogP contribution in [0.2, 0.25) is 0 Å². The predicted octanol–water partition coefficient (Wildman–Crippen LogP) is 5.68. The SMILES string of the molecule is Cc1ccc(S(=O)(=O)O[C@@H]2CC3(C)CCCC3C3CC[C@H]4CC(=O)CCC4(C)C32)cc1. The van der Waals surface area contributed by atoms with E-state index in [1.54, 1.807) is 12.1 Å². The third kappa shape index (κ3) is 3.51. The molecule has 4 nitrogen and oxygen atoms in total. The molecule has 4 fully saturated rings. The third-order valence-corrected chi connectivity index (χ3v) is 11.1. The van der Waals surface area contributed by atoms with E-state index in [9.17, 15) is 13.2 Å². The average Bonchev–Trinajstić information content (AvgIpc) is 3.09. The molecule has 0 spiro atoms. The predicted molar refractivity (Wildman–Crippen MR) is 120 cm³/mol. The van der Waals surface area contributed by atoms with E-state index in [0.717, 1.165) is 31.2 Å². The van der Waals surface area contributed by atoms with Crippen molar-refractivity contribution in [3.8, 4) is 0 Å². The Morgan fingerprint density at radius 1 is 1.03 bits per heavy atom. The van der Waals surface area contributed by atoms with E-state index < -0.39 is 10.1 Å². The maximum atomic E-state index is 13.3. The fourth-order valence-corrected chi connectivity index (χ4v) is 9.25. The molecule has 4 aliphatic carbocycles. The highest BCUT2D eigenvalue weighted by atomic mass is 32.2. The Bertz CT molecular complexity index is 968. The quantitative estimate of drug-likeness (QED) is 0.563. The van der Waals surface area contributed by atoms with Crippen LogP contribution in [-0.4, -0.2) is 20.3 Å². The topological polar surface area (TPSA) is 60.4 Å². The van der Waals surface area contributed by atoms with Gasteiger partial charge in [0.2, 0.25) is 0 Å². The van der Waals surface area contributed by atoms with Crippen molar-refractivity contribution in [2.75, 3.05) is 0 Å². The summed E-state index contributed by atoms with van der Waals surface area (Å²) in [6.07, 6.45) is 8.59. The first kappa shape index (κ1) is 21.6. The molecule has 1 aromatic carbocycles. The van der Waals surface area contributed by atoms with Gasteiger partial charge in [0.25, 0.3) is 10.1 Å². The molecule has 5 unspecified atom stereocenters. The Balaban J connectivity index is 1.52. The van der Waals surface area contributed by atoms with E-state index in [0.29, 0.717) is 36.4 Å². The summed E-state index contributed by atoms with van der Waals surface area (Å²) < 4.78 is 32.8. The van der Waals surface area contributed by atoms with E-state index in [1.165, 1.54) is 19.3 Å². The van der Waals surface area contributed by atoms with Crippen molar-refractivity contribution in [1.29, 1.82) is 0 Å². The Morgan fingerprint density at radius 3 is 2.52 bits per heavy atom. The van der Waals surface area contributed by atoms with Crippen LogP contribution >= 0.6 is 0 Å². The van der Waals surface area contributed by atoms with Crippen molar-refractivity contribution >= 4 is 15.9 Å². The number of benzene rings is 1. The highest BCUT2D eigenvalue weighted by molar-refractivity contribution is 7.86. The normalized spacial score (nSPS) is 42.5. The second kappa shape index (κ2) is 7.41. The molecule has 170 valence electrons. The van der Waals surface area contributed by atoms with Crippen molar-refractivity contribution in [3.05, 3.63) is 29.8 Å². The standard InChI is InChI=1S/C26H36O4S/c1-17-6-9-20(10-7-17)31(28,29)30-23-16-25(2)13-4-5-22(25)21-11-8-18-15-19(27)12-14-26(18,3)24(21)23/h6-7,9-10,18,21-24H,4-5,8,11-16H2,1-3H3/t18-,21?,22?,23+,24?,25?,26?/m0/s1. The number of hydrogen-bond donors (Lipinski definition) is 0. The molecule has 5 heteroatoms. The van der Waals surface area contributed by atoms with Crippen molar-refractivity contribution in [3.63, 3.8) is 0 Å². The smallest absolute Gasteiger partial charge is 0.297 e. The lowest BCUT2D eigenvalue weighted by Gasteiger charge is -2.61. The molecule has 31 heavy (non-hydrogen) atoms. The molecule has 4 saturated carbocycles. The second-order valence-electron chi connectivity index (χ2n) is 11.5. The minimum atomic E-state index is -3.83. The third-order valence-electron chi connectivity index (χ3n) is 9.72. The number of carbonyl (C=O) groups excluding carboxylic acids is 1. The van der Waals surface area contributed by atoms with Gasteiger partial charge in [0.15, 0.2) is 0 Å². The molecule has 0 N–H and O–H groups in total. The summed E-state index contributed by atoms with van der Waals surface area (Å²) in [5.74, 6) is 2.14. The molecular formula is C26H36O4S. The van der Waals surface area contributed by atoms with Gasteiger partial charge in [-0.3, -0.25) is 8.98 Å². The molecule has 0 saturated heterocycles. The van der Waals surface area contributed by atoms with Crippen LogP contribution in [0.4, 0.5) is 0 Å². The molecule has 1 aromatic rings. The molecule has 4 aliphatic rings. The number of Topliss-reactive ketones (excluding diaryl/α,β-unsaturated/α-hetero) is 1. The zero-order valence-corrected chi connectivity index (χ0v) is 19.9. The number of ketones is 1. The number of rotatable bonds is 3. The lowest BCUT2D eigenvalue weighted by molar-refractivity contribution is -0.160. The number of hydrogen-bond acceptors (Lipinski definition) is 4. The molecule has 0 aliphatic heterocycles. The zero-order valence-electron chi connectivity index (χ0n) is 19.1. The van der Waals surface area contributed by atoms with Gasteiger partial charge in [-0.25, -0.2) is 0 Å². The Hall–Kier alpha value is -1.20. The molecule has 0 amide bonds. The van der Waals surface area contributed by atoms with Gasteiger partial charge in [-0.05, 0) is 92.1 Å². The van der Waals surface area contributed by atoms with Crippen LogP contribution in [0, 0.1) is 41.4 Å². The fraction of sp³-hybridized carbons (Fsp3) is 0.731. The number of carbonyl (C=O) groups is 1. The number of aryl methyl sites for hydroxylation is 1. The van der Waals surface area contributed by atoms with Gasteiger partial charge in [0.1, 0.15) is 5.78 Å². The Morgan fingerprint density at radius 2 is 1.77 bits per heavy atom. The van der Waals surface area contributed by atoms with Gasteiger partial charge in [-0.15, -0.1) is 0 Å². The summed E-state index contributed by atoms with van der Waals surface area (Å²) in [6.45, 7) is 6.67. The zero-order chi connectivity index (χ0) is 22.0. The second-order valence-corrected chi connectivity index (χ2v) is 13.0. The summed E-state index contributed by atoms with van der Waals surface area (Å²) in [4.78, 5) is 12.5. The van der Waals surface area contributed by atoms with Gasteiger partial charge < -0.3 is 0 Å². The molecule has 7 atom stereocenters. The molecule has 0 heterocycles. The van der Waals surface area contributed by atoms with E-state index in [1.807, 2.05) is 19.1 Å². The van der Waals surface area contributed by atoms with E-state index >= 15 is 0 Å². The minimum Gasteiger partial charge on any atom is -0.300 e. The Kier molecular flexibility index (Phi) is 5.17. The average molecular weight is 445 g/mol. The molecule has 0 radical (unpaired) electrons. The van der Waals surface area contributed by atoms with Gasteiger partial charge >= 0.3 is 0 Å². The summed E-state index contributed by atoms with van der Waals surface area (Å²) in [5, 5.41) is 0. The minimum absolute atomic E-state index is 0.00574. The molecular weight excluding hydrogens is 408 g/mol. The van der Waals surface area contributed by atoms with Gasteiger partial charge in [-0.2, -0.15) is 8.42 Å². The number of fused-ring (bicyclic) bond motifs is 5. The summed E-state index contributed by atoms with van der Waals surface area (Å²) in [7, 11) is -3.83. The highest BCUT2D eigenvalue weighted by Crippen LogP contribution is 2.66. The van der Waals surface area contributed by atoms with Crippen LogP contribution in [0.5, 0.6) is 0 Å². The summed E-state index contributed by atoms with van der Waals surface area (Å²) in [6, 6.07) is 6.99. The largest absolute Gasteiger partial charge is 0.300 e. The van der Waals surface area contributed by atoms with Crippen LogP contribution in [0.25, 0.3) is 0 Å². The van der Waals surface area contributed by atoms with Crippen molar-refractivity contribution in [2.45, 2.75) is 89.6 Å². The lowest BCUT2D eigenvalue weighted by atomic mass is 9.44. The van der Waals surface area contributed by atoms with E-state index in [-0.39, 0.29) is 27.7 Å². The maximum absolute atomic E-state index is 13.3. The van der Waals surface area contributed by atoms with Crippen LogP contribution in [-0.2, 0) is 19.1 Å². The lowest BCUT2D eigenvalue weighted by Crippen LogP contribution is -2.58. The first-order chi connectivity index (χ1) is 14.6. The van der Waals surface area contributed by atoms with Crippen LogP contribution in [0.3, 0.4) is 0 Å². The van der Waals surface area contributed by atoms with Gasteiger partial charge in [-0.1, -0.05) is 38.0 Å². The molecule has 0 bridgehead atoms. The fourth-order valence-electron chi connectivity index (χ4n) is 8.16. The van der Waals surface area contributed by atoms with Crippen LogP contribution in [0.15, 0.2) is 29.2 Å². The van der Waals surface area contributed by atoms with Crippen molar-refractivity contribution < 1.29 is 17.4 Å². The van der Waals surface area contributed by atoms with Gasteiger partial charge in [0, 0.05) is 12.8 Å². The maximum Gasteiger partial charge on any atom is 0.297 e. The highest BCUT2D eigenvalue weighted by Gasteiger charge is 2.62. The Labute approximate surface area is 187 Å². The van der Waals surface area contributed by atoms with Gasteiger partial charge in [0.05, 0.1) is 11.0 Å². The van der Waals surface area contributed by atoms with Crippen molar-refractivity contribution in [2.24, 2.45) is 34.5 Å².